The largest absolute Gasteiger partial charge is 0.355 e. The topological polar surface area (TPSA) is 42.7 Å². The zero-order valence-corrected chi connectivity index (χ0v) is 11.8. The molecule has 0 aliphatic rings. The number of unbranched alkanes of at least 4 members (excludes halogenated alkanes) is 1. The summed E-state index contributed by atoms with van der Waals surface area (Å²) in [7, 11) is 0. The lowest BCUT2D eigenvalue weighted by Crippen LogP contribution is -2.10. The van der Waals surface area contributed by atoms with Crippen LogP contribution in [-0.2, 0) is 13.0 Å². The molecule has 0 unspecified atom stereocenters. The molecule has 2 aromatic rings. The van der Waals surface area contributed by atoms with Crippen molar-refractivity contribution in [3.8, 4) is 0 Å². The van der Waals surface area contributed by atoms with Crippen LogP contribution in [0.15, 0.2) is 17.8 Å². The highest BCUT2D eigenvalue weighted by atomic mass is 32.1. The SMILES string of the molecule is CCCCn1ccnc1NCCc1nc(C)cs1. The second-order valence-corrected chi connectivity index (χ2v) is 5.30. The van der Waals surface area contributed by atoms with Crippen LogP contribution in [-0.4, -0.2) is 21.1 Å². The smallest absolute Gasteiger partial charge is 0.202 e. The van der Waals surface area contributed by atoms with Crippen LogP contribution in [0, 0.1) is 6.92 Å². The van der Waals surface area contributed by atoms with Crippen LogP contribution in [0.1, 0.15) is 30.5 Å². The first-order valence-corrected chi connectivity index (χ1v) is 7.33. The van der Waals surface area contributed by atoms with E-state index in [2.05, 4.69) is 32.2 Å². The lowest BCUT2D eigenvalue weighted by atomic mass is 10.3. The van der Waals surface area contributed by atoms with Crippen LogP contribution in [0.2, 0.25) is 0 Å². The van der Waals surface area contributed by atoms with Crippen LogP contribution in [0.4, 0.5) is 5.95 Å². The first kappa shape index (κ1) is 13.1. The Morgan fingerprint density at radius 2 is 2.33 bits per heavy atom. The second kappa shape index (κ2) is 6.54. The maximum absolute atomic E-state index is 4.45. The van der Waals surface area contributed by atoms with Gasteiger partial charge in [0.05, 0.1) is 5.01 Å². The van der Waals surface area contributed by atoms with Crippen LogP contribution >= 0.6 is 11.3 Å². The summed E-state index contributed by atoms with van der Waals surface area (Å²) in [6.07, 6.45) is 7.24. The van der Waals surface area contributed by atoms with Crippen molar-refractivity contribution in [3.05, 3.63) is 28.5 Å². The molecule has 0 fully saturated rings. The van der Waals surface area contributed by atoms with Gasteiger partial charge in [0.1, 0.15) is 0 Å². The van der Waals surface area contributed by atoms with Crippen molar-refractivity contribution >= 4 is 17.3 Å². The van der Waals surface area contributed by atoms with E-state index >= 15 is 0 Å². The van der Waals surface area contributed by atoms with Gasteiger partial charge < -0.3 is 9.88 Å². The summed E-state index contributed by atoms with van der Waals surface area (Å²) in [5, 5.41) is 6.66. The van der Waals surface area contributed by atoms with Crippen LogP contribution in [0.25, 0.3) is 0 Å². The lowest BCUT2D eigenvalue weighted by molar-refractivity contribution is 0.635. The Labute approximate surface area is 112 Å². The standard InChI is InChI=1S/C13H20N4S/c1-3-4-8-17-9-7-15-13(17)14-6-5-12-16-11(2)10-18-12/h7,9-10H,3-6,8H2,1-2H3,(H,14,15). The van der Waals surface area contributed by atoms with E-state index in [4.69, 9.17) is 0 Å². The first-order chi connectivity index (χ1) is 8.79. The molecule has 0 saturated heterocycles. The van der Waals surface area contributed by atoms with Crippen molar-refractivity contribution in [1.82, 2.24) is 14.5 Å². The Kier molecular flexibility index (Phi) is 4.75. The lowest BCUT2D eigenvalue weighted by Gasteiger charge is -2.08. The van der Waals surface area contributed by atoms with Crippen molar-refractivity contribution in [2.75, 3.05) is 11.9 Å². The fourth-order valence-electron chi connectivity index (χ4n) is 1.78. The molecule has 0 saturated carbocycles. The summed E-state index contributed by atoms with van der Waals surface area (Å²) >= 11 is 1.73. The minimum atomic E-state index is 0.885. The molecule has 0 bridgehead atoms. The summed E-state index contributed by atoms with van der Waals surface area (Å²) in [6, 6.07) is 0. The minimum Gasteiger partial charge on any atom is -0.355 e. The van der Waals surface area contributed by atoms with E-state index in [-0.39, 0.29) is 0 Å². The van der Waals surface area contributed by atoms with Gasteiger partial charge >= 0.3 is 0 Å². The fraction of sp³-hybridized carbons (Fsp3) is 0.538. The molecule has 0 aliphatic carbocycles. The van der Waals surface area contributed by atoms with Gasteiger partial charge in [0, 0.05) is 43.0 Å². The third-order valence-electron chi connectivity index (χ3n) is 2.76. The molecular formula is C13H20N4S. The number of thiazole rings is 1. The number of aryl methyl sites for hydroxylation is 2. The minimum absolute atomic E-state index is 0.885. The Balaban J connectivity index is 1.81. The van der Waals surface area contributed by atoms with Gasteiger partial charge in [-0.05, 0) is 13.3 Å². The number of anilines is 1. The molecule has 1 N–H and O–H groups in total. The fourth-order valence-corrected chi connectivity index (χ4v) is 2.56. The Morgan fingerprint density at radius 1 is 1.44 bits per heavy atom. The van der Waals surface area contributed by atoms with Crippen LogP contribution in [0.5, 0.6) is 0 Å². The monoisotopic (exact) mass is 264 g/mol. The Bertz CT molecular complexity index is 475. The molecule has 0 spiro atoms. The molecule has 0 atom stereocenters. The molecule has 0 radical (unpaired) electrons. The molecule has 98 valence electrons. The third-order valence-corrected chi connectivity index (χ3v) is 3.78. The number of nitrogens with zero attached hydrogens (tertiary/aromatic N) is 3. The number of rotatable bonds is 7. The number of aromatic nitrogens is 3. The molecule has 4 nitrogen and oxygen atoms in total. The number of nitrogens with one attached hydrogen (secondary N) is 1. The molecule has 2 heterocycles. The predicted molar refractivity (Wildman–Crippen MR) is 76.2 cm³/mol. The van der Waals surface area contributed by atoms with Gasteiger partial charge in [-0.1, -0.05) is 13.3 Å². The maximum Gasteiger partial charge on any atom is 0.202 e. The van der Waals surface area contributed by atoms with E-state index in [0.29, 0.717) is 0 Å². The van der Waals surface area contributed by atoms with E-state index in [9.17, 15) is 0 Å². The van der Waals surface area contributed by atoms with E-state index in [1.165, 1.54) is 17.8 Å². The van der Waals surface area contributed by atoms with Crippen LogP contribution < -0.4 is 5.32 Å². The molecule has 5 heteroatoms. The molecule has 0 aliphatic heterocycles. The number of hydrogen-bond acceptors (Lipinski definition) is 4. The van der Waals surface area contributed by atoms with Crippen molar-refractivity contribution in [2.45, 2.75) is 39.7 Å². The van der Waals surface area contributed by atoms with Gasteiger partial charge in [-0.2, -0.15) is 0 Å². The van der Waals surface area contributed by atoms with E-state index in [0.717, 1.165) is 31.2 Å². The summed E-state index contributed by atoms with van der Waals surface area (Å²) in [5.74, 6) is 0.969. The van der Waals surface area contributed by atoms with Gasteiger partial charge in [0.15, 0.2) is 0 Å². The zero-order chi connectivity index (χ0) is 12.8. The van der Waals surface area contributed by atoms with Crippen molar-refractivity contribution < 1.29 is 0 Å². The summed E-state index contributed by atoms with van der Waals surface area (Å²) in [5.41, 5.74) is 1.11. The van der Waals surface area contributed by atoms with Gasteiger partial charge in [-0.25, -0.2) is 9.97 Å². The van der Waals surface area contributed by atoms with Crippen molar-refractivity contribution in [2.24, 2.45) is 0 Å². The molecule has 0 aromatic carbocycles. The van der Waals surface area contributed by atoms with Gasteiger partial charge in [0.2, 0.25) is 5.95 Å². The first-order valence-electron chi connectivity index (χ1n) is 6.45. The number of imidazole rings is 1. The average molecular weight is 264 g/mol. The van der Waals surface area contributed by atoms with Crippen molar-refractivity contribution in [1.29, 1.82) is 0 Å². The second-order valence-electron chi connectivity index (χ2n) is 4.36. The van der Waals surface area contributed by atoms with Crippen molar-refractivity contribution in [3.63, 3.8) is 0 Å². The maximum atomic E-state index is 4.45. The van der Waals surface area contributed by atoms with Crippen LogP contribution in [0.3, 0.4) is 0 Å². The molecule has 0 amide bonds. The van der Waals surface area contributed by atoms with Gasteiger partial charge in [0.25, 0.3) is 0 Å². The highest BCUT2D eigenvalue weighted by Gasteiger charge is 2.02. The zero-order valence-electron chi connectivity index (χ0n) is 11.0. The van der Waals surface area contributed by atoms with E-state index in [1.54, 1.807) is 11.3 Å². The highest BCUT2D eigenvalue weighted by molar-refractivity contribution is 7.09. The third kappa shape index (κ3) is 3.57. The Morgan fingerprint density at radius 3 is 3.06 bits per heavy atom. The predicted octanol–water partition coefficient (Wildman–Crippen LogP) is 3.10. The quantitative estimate of drug-likeness (QED) is 0.835. The summed E-state index contributed by atoms with van der Waals surface area (Å²) in [6.45, 7) is 6.16. The highest BCUT2D eigenvalue weighted by Crippen LogP contribution is 2.10. The molecule has 2 aromatic heterocycles. The average Bonchev–Trinajstić information content (AvgIpc) is 2.96. The molecule has 2 rings (SSSR count). The van der Waals surface area contributed by atoms with E-state index in [1.807, 2.05) is 19.3 Å². The summed E-state index contributed by atoms with van der Waals surface area (Å²) < 4.78 is 2.18. The molecular weight excluding hydrogens is 244 g/mol. The van der Waals surface area contributed by atoms with Gasteiger partial charge in [-0.3, -0.25) is 0 Å². The number of hydrogen-bond donors (Lipinski definition) is 1. The van der Waals surface area contributed by atoms with Gasteiger partial charge in [-0.15, -0.1) is 11.3 Å². The molecule has 18 heavy (non-hydrogen) atoms. The van der Waals surface area contributed by atoms with E-state index < -0.39 is 0 Å². The summed E-state index contributed by atoms with van der Waals surface area (Å²) in [4.78, 5) is 8.79. The normalized spacial score (nSPS) is 10.8. The Hall–Kier alpha value is -1.36.